The maximum absolute atomic E-state index is 9.39. The van der Waals surface area contributed by atoms with Crippen molar-refractivity contribution in [1.82, 2.24) is 5.32 Å². The number of nitrogens with one attached hydrogen (secondary N) is 1. The molecule has 0 aliphatic heterocycles. The number of rotatable bonds is 50. The summed E-state index contributed by atoms with van der Waals surface area (Å²) in [4.78, 5) is 0. The van der Waals surface area contributed by atoms with Crippen molar-refractivity contribution in [3.05, 3.63) is 0 Å². The van der Waals surface area contributed by atoms with Gasteiger partial charge in [-0.1, -0.05) is 291 Å². The van der Waals surface area contributed by atoms with Crippen molar-refractivity contribution in [3.8, 4) is 0 Å². The third kappa shape index (κ3) is 46.8. The van der Waals surface area contributed by atoms with Crippen LogP contribution >= 0.6 is 0 Å². The molecule has 0 radical (unpaired) electrons. The van der Waals surface area contributed by atoms with Gasteiger partial charge in [-0.05, 0) is 50.0 Å². The lowest BCUT2D eigenvalue weighted by atomic mass is 9.88. The van der Waals surface area contributed by atoms with Crippen LogP contribution in [0.3, 0.4) is 0 Å². The molecule has 0 aromatic heterocycles. The fourth-order valence-corrected chi connectivity index (χ4v) is 9.46. The van der Waals surface area contributed by atoms with E-state index < -0.39 is 0 Å². The maximum Gasteiger partial charge on any atom is 0.0443 e. The number of unbranched alkanes of at least 4 members (excludes halogenated alkanes) is 31. The van der Waals surface area contributed by atoms with Crippen LogP contribution in [0.15, 0.2) is 0 Å². The molecule has 0 bridgehead atoms. The summed E-state index contributed by atoms with van der Waals surface area (Å²) in [5.74, 6) is 2.64. The summed E-state index contributed by atoms with van der Waals surface area (Å²) in [5, 5.41) is 13.2. The van der Waals surface area contributed by atoms with Gasteiger partial charge in [-0.25, -0.2) is 0 Å². The second-order valence-corrected chi connectivity index (χ2v) is 20.1. The molecule has 2 atom stereocenters. The molecule has 57 heavy (non-hydrogen) atoms. The molecule has 0 aliphatic carbocycles. The number of aliphatic hydroxyl groups is 1. The third-order valence-electron chi connectivity index (χ3n) is 13.6. The topological polar surface area (TPSA) is 32.3 Å². The molecular weight excluding hydrogens is 691 g/mol. The molecule has 0 saturated carbocycles. The van der Waals surface area contributed by atoms with Crippen molar-refractivity contribution in [2.75, 3.05) is 13.2 Å². The van der Waals surface area contributed by atoms with E-state index in [1.807, 2.05) is 0 Å². The van der Waals surface area contributed by atoms with Crippen LogP contribution in [0.2, 0.25) is 0 Å². The van der Waals surface area contributed by atoms with Crippen molar-refractivity contribution >= 4 is 0 Å². The van der Waals surface area contributed by atoms with Crippen LogP contribution in [0.4, 0.5) is 0 Å². The Hall–Kier alpha value is -0.0800. The predicted molar refractivity (Wildman–Crippen MR) is 261 cm³/mol. The highest BCUT2D eigenvalue weighted by Crippen LogP contribution is 2.26. The van der Waals surface area contributed by atoms with Crippen molar-refractivity contribution in [2.45, 2.75) is 323 Å². The zero-order valence-corrected chi connectivity index (χ0v) is 40.8. The van der Waals surface area contributed by atoms with Crippen LogP contribution in [0.1, 0.15) is 317 Å². The van der Waals surface area contributed by atoms with Crippen molar-refractivity contribution in [3.63, 3.8) is 0 Å². The smallest absolute Gasteiger partial charge is 0.0443 e. The predicted octanol–water partition coefficient (Wildman–Crippen LogP) is 19.0. The van der Waals surface area contributed by atoms with Crippen LogP contribution in [-0.4, -0.2) is 24.3 Å². The lowest BCUT2D eigenvalue weighted by molar-refractivity contribution is 0.278. The van der Waals surface area contributed by atoms with E-state index in [0.717, 1.165) is 30.7 Å². The fraction of sp³-hybridized carbons (Fsp3) is 1.00. The van der Waals surface area contributed by atoms with Gasteiger partial charge in [0, 0.05) is 12.6 Å². The molecular formula is C55H113NO. The molecule has 0 aromatic rings. The van der Waals surface area contributed by atoms with E-state index in [0.29, 0.717) is 12.6 Å². The molecule has 0 aliphatic rings. The van der Waals surface area contributed by atoms with Gasteiger partial charge in [0.2, 0.25) is 0 Å². The Balaban J connectivity index is 4.38. The van der Waals surface area contributed by atoms with Gasteiger partial charge in [0.05, 0.1) is 0 Å². The van der Waals surface area contributed by atoms with Crippen LogP contribution in [0.25, 0.3) is 0 Å². The van der Waals surface area contributed by atoms with Gasteiger partial charge in [0.25, 0.3) is 0 Å². The highest BCUT2D eigenvalue weighted by atomic mass is 16.3. The average Bonchev–Trinajstić information content (AvgIpc) is 3.20. The first kappa shape index (κ1) is 56.9. The Morgan fingerprint density at radius 2 is 0.649 bits per heavy atom. The number of hydrogen-bond donors (Lipinski definition) is 2. The normalized spacial score (nSPS) is 13.1. The summed E-state index contributed by atoms with van der Waals surface area (Å²) >= 11 is 0. The van der Waals surface area contributed by atoms with Crippen molar-refractivity contribution in [1.29, 1.82) is 0 Å². The first-order valence-electron chi connectivity index (χ1n) is 27.4. The second kappa shape index (κ2) is 48.6. The van der Waals surface area contributed by atoms with Gasteiger partial charge in [-0.15, -0.1) is 0 Å². The number of hydrogen-bond acceptors (Lipinski definition) is 2. The Labute approximate surface area is 363 Å². The van der Waals surface area contributed by atoms with Crippen LogP contribution in [-0.2, 0) is 0 Å². The van der Waals surface area contributed by atoms with Gasteiger partial charge in [0.1, 0.15) is 0 Å². The molecule has 2 N–H and O–H groups in total. The highest BCUT2D eigenvalue weighted by molar-refractivity contribution is 4.71. The van der Waals surface area contributed by atoms with Crippen LogP contribution in [0.5, 0.6) is 0 Å². The minimum Gasteiger partial charge on any atom is -0.396 e. The average molecular weight is 805 g/mol. The summed E-state index contributed by atoms with van der Waals surface area (Å²) < 4.78 is 0. The van der Waals surface area contributed by atoms with Gasteiger partial charge in [-0.3, -0.25) is 0 Å². The van der Waals surface area contributed by atoms with Crippen molar-refractivity contribution in [2.24, 2.45) is 17.8 Å². The lowest BCUT2D eigenvalue weighted by Crippen LogP contribution is -2.31. The molecule has 0 aromatic carbocycles. The quantitative estimate of drug-likeness (QED) is 0.0601. The molecule has 2 unspecified atom stereocenters. The Bertz CT molecular complexity index is 671. The molecule has 0 saturated heterocycles. The van der Waals surface area contributed by atoms with Gasteiger partial charge < -0.3 is 10.4 Å². The summed E-state index contributed by atoms with van der Waals surface area (Å²) in [7, 11) is 0. The standard InChI is InChI=1S/C55H113NO/c1-6-8-10-12-14-16-18-20-22-24-26-28-30-32-34-36-44-54(45-37-35-33-31-29-27-25-23-21-19-17-15-13-11-9-7-2)46-38-39-47-55(56-50-41-51-57)49-48-53(5)43-40-42-52(3)4/h52-57H,6-51H2,1-5H3. The van der Waals surface area contributed by atoms with Gasteiger partial charge in [-0.2, -0.15) is 0 Å². The molecule has 0 heterocycles. The Kier molecular flexibility index (Phi) is 48.5. The van der Waals surface area contributed by atoms with Gasteiger partial charge in [0.15, 0.2) is 0 Å². The second-order valence-electron chi connectivity index (χ2n) is 20.1. The molecule has 0 rings (SSSR count). The van der Waals surface area contributed by atoms with E-state index in [4.69, 9.17) is 0 Å². The number of aliphatic hydroxyl groups excluding tert-OH is 1. The van der Waals surface area contributed by atoms with E-state index >= 15 is 0 Å². The van der Waals surface area contributed by atoms with Gasteiger partial charge >= 0.3 is 0 Å². The van der Waals surface area contributed by atoms with E-state index in [1.165, 1.54) is 276 Å². The van der Waals surface area contributed by atoms with Crippen molar-refractivity contribution < 1.29 is 5.11 Å². The third-order valence-corrected chi connectivity index (χ3v) is 13.6. The summed E-state index contributed by atoms with van der Waals surface area (Å²) in [5.41, 5.74) is 0. The van der Waals surface area contributed by atoms with Crippen LogP contribution < -0.4 is 5.32 Å². The molecule has 2 nitrogen and oxygen atoms in total. The lowest BCUT2D eigenvalue weighted by Gasteiger charge is -2.22. The largest absolute Gasteiger partial charge is 0.396 e. The Morgan fingerprint density at radius 1 is 0.316 bits per heavy atom. The fourth-order valence-electron chi connectivity index (χ4n) is 9.46. The molecule has 0 fully saturated rings. The first-order valence-corrected chi connectivity index (χ1v) is 27.4. The summed E-state index contributed by atoms with van der Waals surface area (Å²) in [6.07, 6.45) is 63.2. The zero-order valence-electron chi connectivity index (χ0n) is 40.8. The maximum atomic E-state index is 9.39. The van der Waals surface area contributed by atoms with Crippen LogP contribution in [0, 0.1) is 17.8 Å². The van der Waals surface area contributed by atoms with E-state index in [9.17, 15) is 5.11 Å². The SMILES string of the molecule is CCCCCCCCCCCCCCCCCCC(CCCCCCCCCCCCCCCCCC)CCCCC(CCC(C)CCCC(C)C)NCCCO. The minimum absolute atomic E-state index is 0.311. The summed E-state index contributed by atoms with van der Waals surface area (Å²) in [6.45, 7) is 13.1. The van der Waals surface area contributed by atoms with E-state index in [-0.39, 0.29) is 0 Å². The molecule has 344 valence electrons. The first-order chi connectivity index (χ1) is 28.0. The zero-order chi connectivity index (χ0) is 41.5. The minimum atomic E-state index is 0.311. The summed E-state index contributed by atoms with van der Waals surface area (Å²) in [6, 6.07) is 0.642. The monoisotopic (exact) mass is 804 g/mol. The highest BCUT2D eigenvalue weighted by Gasteiger charge is 2.13. The molecule has 2 heteroatoms. The molecule has 0 spiro atoms. The van der Waals surface area contributed by atoms with E-state index in [1.54, 1.807) is 0 Å². The molecule has 0 amide bonds. The Morgan fingerprint density at radius 3 is 1.00 bits per heavy atom. The van der Waals surface area contributed by atoms with E-state index in [2.05, 4.69) is 39.9 Å².